The number of nitrogens with zero attached hydrogens (tertiary/aromatic N) is 1. The van der Waals surface area contributed by atoms with Crippen molar-refractivity contribution in [1.82, 2.24) is 10.2 Å². The van der Waals surface area contributed by atoms with Crippen LogP contribution in [-0.2, 0) is 6.54 Å². The third kappa shape index (κ3) is 3.83. The standard InChI is InChI=1S/C18H27FN2/c1-21(12-15-7-2-4-8-17(15)19)13-16-11-10-14-6-3-5-9-18(14)20-16/h2,4,7-8,14,16,18,20H,3,5-6,9-13H2,1H3. The van der Waals surface area contributed by atoms with Crippen LogP contribution in [0.3, 0.4) is 0 Å². The van der Waals surface area contributed by atoms with E-state index in [0.717, 1.165) is 24.1 Å². The summed E-state index contributed by atoms with van der Waals surface area (Å²) in [5.74, 6) is 0.820. The van der Waals surface area contributed by atoms with E-state index < -0.39 is 0 Å². The van der Waals surface area contributed by atoms with Crippen molar-refractivity contribution in [2.45, 2.75) is 57.2 Å². The molecule has 21 heavy (non-hydrogen) atoms. The second-order valence-corrected chi connectivity index (χ2v) is 6.88. The molecule has 3 unspecified atom stereocenters. The molecular formula is C18H27FN2. The SMILES string of the molecule is CN(Cc1ccccc1F)CC1CCC2CCCCC2N1. The number of halogens is 1. The van der Waals surface area contributed by atoms with Crippen molar-refractivity contribution in [3.05, 3.63) is 35.6 Å². The lowest BCUT2D eigenvalue weighted by Gasteiger charge is -2.41. The van der Waals surface area contributed by atoms with E-state index in [-0.39, 0.29) is 5.82 Å². The number of piperidine rings is 1. The van der Waals surface area contributed by atoms with Gasteiger partial charge in [-0.1, -0.05) is 31.0 Å². The maximum atomic E-state index is 13.7. The second kappa shape index (κ2) is 6.89. The minimum Gasteiger partial charge on any atom is -0.310 e. The molecule has 1 aromatic rings. The van der Waals surface area contributed by atoms with Gasteiger partial charge >= 0.3 is 0 Å². The number of rotatable bonds is 4. The smallest absolute Gasteiger partial charge is 0.127 e. The topological polar surface area (TPSA) is 15.3 Å². The van der Waals surface area contributed by atoms with E-state index in [9.17, 15) is 4.39 Å². The maximum absolute atomic E-state index is 13.7. The molecule has 1 saturated heterocycles. The number of nitrogens with one attached hydrogen (secondary N) is 1. The molecule has 2 fully saturated rings. The normalized spacial score (nSPS) is 29.4. The molecule has 2 aliphatic rings. The first-order valence-electron chi connectivity index (χ1n) is 8.40. The molecule has 0 bridgehead atoms. The van der Waals surface area contributed by atoms with Gasteiger partial charge < -0.3 is 10.2 Å². The zero-order valence-corrected chi connectivity index (χ0v) is 13.0. The number of hydrogen-bond acceptors (Lipinski definition) is 2. The Bertz CT molecular complexity index is 462. The Kier molecular flexibility index (Phi) is 4.91. The van der Waals surface area contributed by atoms with Crippen molar-refractivity contribution in [3.63, 3.8) is 0 Å². The highest BCUT2D eigenvalue weighted by atomic mass is 19.1. The molecule has 0 spiro atoms. The van der Waals surface area contributed by atoms with E-state index in [1.807, 2.05) is 12.1 Å². The lowest BCUT2D eigenvalue weighted by atomic mass is 9.78. The molecule has 0 amide bonds. The molecule has 3 heteroatoms. The van der Waals surface area contributed by atoms with Gasteiger partial charge in [0, 0.05) is 30.7 Å². The van der Waals surface area contributed by atoms with Crippen LogP contribution in [0.4, 0.5) is 4.39 Å². The number of hydrogen-bond donors (Lipinski definition) is 1. The summed E-state index contributed by atoms with van der Waals surface area (Å²) >= 11 is 0. The van der Waals surface area contributed by atoms with Crippen molar-refractivity contribution in [2.24, 2.45) is 5.92 Å². The molecule has 1 aromatic carbocycles. The highest BCUT2D eigenvalue weighted by Crippen LogP contribution is 2.32. The molecule has 1 heterocycles. The van der Waals surface area contributed by atoms with E-state index in [0.29, 0.717) is 12.6 Å². The molecule has 0 aromatic heterocycles. The zero-order valence-electron chi connectivity index (χ0n) is 13.0. The minimum atomic E-state index is -0.0895. The van der Waals surface area contributed by atoms with E-state index in [1.165, 1.54) is 38.5 Å². The maximum Gasteiger partial charge on any atom is 0.127 e. The van der Waals surface area contributed by atoms with Crippen LogP contribution >= 0.6 is 0 Å². The third-order valence-corrected chi connectivity index (χ3v) is 5.17. The summed E-state index contributed by atoms with van der Waals surface area (Å²) in [6.07, 6.45) is 8.19. The third-order valence-electron chi connectivity index (χ3n) is 5.17. The fraction of sp³-hybridized carbons (Fsp3) is 0.667. The predicted molar refractivity (Wildman–Crippen MR) is 84.6 cm³/mol. The van der Waals surface area contributed by atoms with Gasteiger partial charge in [-0.05, 0) is 44.7 Å². The minimum absolute atomic E-state index is 0.0895. The molecule has 3 rings (SSSR count). The van der Waals surface area contributed by atoms with Gasteiger partial charge in [0.2, 0.25) is 0 Å². The molecule has 1 aliphatic carbocycles. The molecule has 116 valence electrons. The van der Waals surface area contributed by atoms with Crippen LogP contribution < -0.4 is 5.32 Å². The molecule has 3 atom stereocenters. The first-order chi connectivity index (χ1) is 10.2. The van der Waals surface area contributed by atoms with E-state index in [4.69, 9.17) is 0 Å². The van der Waals surface area contributed by atoms with Crippen LogP contribution in [0.1, 0.15) is 44.1 Å². The Morgan fingerprint density at radius 3 is 2.81 bits per heavy atom. The second-order valence-electron chi connectivity index (χ2n) is 6.88. The van der Waals surface area contributed by atoms with Crippen molar-refractivity contribution in [1.29, 1.82) is 0 Å². The van der Waals surface area contributed by atoms with Gasteiger partial charge in [-0.15, -0.1) is 0 Å². The van der Waals surface area contributed by atoms with Crippen molar-refractivity contribution in [2.75, 3.05) is 13.6 Å². The van der Waals surface area contributed by atoms with Gasteiger partial charge in [0.05, 0.1) is 0 Å². The van der Waals surface area contributed by atoms with Crippen LogP contribution in [0.2, 0.25) is 0 Å². The number of fused-ring (bicyclic) bond motifs is 1. The summed E-state index contributed by atoms with van der Waals surface area (Å²) in [5.41, 5.74) is 0.798. The van der Waals surface area contributed by atoms with Gasteiger partial charge in [0.1, 0.15) is 5.82 Å². The molecule has 1 N–H and O–H groups in total. The Balaban J connectivity index is 1.51. The van der Waals surface area contributed by atoms with Gasteiger partial charge in [0.25, 0.3) is 0 Å². The van der Waals surface area contributed by atoms with Gasteiger partial charge in [0.15, 0.2) is 0 Å². The summed E-state index contributed by atoms with van der Waals surface area (Å²) < 4.78 is 13.7. The Morgan fingerprint density at radius 1 is 1.14 bits per heavy atom. The molecule has 2 nitrogen and oxygen atoms in total. The van der Waals surface area contributed by atoms with Crippen LogP contribution in [0.5, 0.6) is 0 Å². The van der Waals surface area contributed by atoms with Gasteiger partial charge in [-0.3, -0.25) is 0 Å². The first kappa shape index (κ1) is 15.0. The Hall–Kier alpha value is -0.930. The zero-order chi connectivity index (χ0) is 14.7. The van der Waals surface area contributed by atoms with Gasteiger partial charge in [-0.2, -0.15) is 0 Å². The van der Waals surface area contributed by atoms with Crippen LogP contribution in [0.25, 0.3) is 0 Å². The fourth-order valence-corrected chi connectivity index (χ4v) is 4.08. The molecule has 1 saturated carbocycles. The summed E-state index contributed by atoms with van der Waals surface area (Å²) in [7, 11) is 2.10. The number of benzene rings is 1. The van der Waals surface area contributed by atoms with E-state index in [1.54, 1.807) is 12.1 Å². The lowest BCUT2D eigenvalue weighted by molar-refractivity contribution is 0.150. The van der Waals surface area contributed by atoms with Crippen LogP contribution in [0.15, 0.2) is 24.3 Å². The highest BCUT2D eigenvalue weighted by molar-refractivity contribution is 5.17. The van der Waals surface area contributed by atoms with Crippen LogP contribution in [0, 0.1) is 11.7 Å². The Morgan fingerprint density at radius 2 is 1.95 bits per heavy atom. The predicted octanol–water partition coefficient (Wildman–Crippen LogP) is 3.57. The summed E-state index contributed by atoms with van der Waals surface area (Å²) in [6.45, 7) is 1.70. The molecular weight excluding hydrogens is 263 g/mol. The molecule has 0 radical (unpaired) electrons. The highest BCUT2D eigenvalue weighted by Gasteiger charge is 2.31. The summed E-state index contributed by atoms with van der Waals surface area (Å²) in [5, 5.41) is 3.85. The average Bonchev–Trinajstić information content (AvgIpc) is 2.49. The van der Waals surface area contributed by atoms with Gasteiger partial charge in [-0.25, -0.2) is 4.39 Å². The average molecular weight is 290 g/mol. The summed E-state index contributed by atoms with van der Waals surface area (Å²) in [6, 6.07) is 8.41. The van der Waals surface area contributed by atoms with E-state index >= 15 is 0 Å². The van der Waals surface area contributed by atoms with Crippen molar-refractivity contribution in [3.8, 4) is 0 Å². The molecule has 1 aliphatic heterocycles. The van der Waals surface area contributed by atoms with Crippen molar-refractivity contribution < 1.29 is 4.39 Å². The first-order valence-corrected chi connectivity index (χ1v) is 8.40. The largest absolute Gasteiger partial charge is 0.310 e. The van der Waals surface area contributed by atoms with Crippen molar-refractivity contribution >= 4 is 0 Å². The summed E-state index contributed by atoms with van der Waals surface area (Å²) in [4.78, 5) is 2.25. The van der Waals surface area contributed by atoms with Crippen LogP contribution in [-0.4, -0.2) is 30.6 Å². The Labute approximate surface area is 127 Å². The number of likely N-dealkylation sites (N-methyl/N-ethyl adjacent to an activating group) is 1. The fourth-order valence-electron chi connectivity index (χ4n) is 4.08. The quantitative estimate of drug-likeness (QED) is 0.912. The monoisotopic (exact) mass is 290 g/mol. The lowest BCUT2D eigenvalue weighted by Crippen LogP contribution is -2.52. The van der Waals surface area contributed by atoms with E-state index in [2.05, 4.69) is 17.3 Å².